The van der Waals surface area contributed by atoms with Gasteiger partial charge < -0.3 is 46.6 Å². The highest BCUT2D eigenvalue weighted by Gasteiger charge is 2.36. The molecule has 2 bridgehead atoms. The molecule has 7 rings (SSSR count). The van der Waals surface area contributed by atoms with Crippen LogP contribution in [0.2, 0.25) is 0 Å². The Morgan fingerprint density at radius 2 is 1.10 bits per heavy atom. The first kappa shape index (κ1) is 43.7. The molecule has 0 unspecified atom stereocenters. The molecule has 0 saturated heterocycles. The Morgan fingerprint density at radius 1 is 0.574 bits per heavy atom. The predicted molar refractivity (Wildman–Crippen MR) is 225 cm³/mol. The van der Waals surface area contributed by atoms with Gasteiger partial charge in [-0.3, -0.25) is 24.0 Å². The van der Waals surface area contributed by atoms with E-state index in [1.807, 2.05) is 30.3 Å². The van der Waals surface area contributed by atoms with Gasteiger partial charge in [-0.15, -0.1) is 11.3 Å². The summed E-state index contributed by atoms with van der Waals surface area (Å²) < 4.78 is 5.92. The fourth-order valence-electron chi connectivity index (χ4n) is 6.54. The van der Waals surface area contributed by atoms with Crippen molar-refractivity contribution in [1.82, 2.24) is 21.3 Å². The molecule has 0 spiro atoms. The number of amides is 5. The fourth-order valence-corrected chi connectivity index (χ4v) is 7.29. The summed E-state index contributed by atoms with van der Waals surface area (Å²) in [4.78, 5) is 82.1. The average molecular weight is 848 g/mol. The first-order valence-electron chi connectivity index (χ1n) is 19.4. The number of fused-ring (bicyclic) bond motifs is 18. The number of aliphatic hydroxyl groups excluding tert-OH is 2. The van der Waals surface area contributed by atoms with Crippen LogP contribution in [0.3, 0.4) is 0 Å². The van der Waals surface area contributed by atoms with Crippen molar-refractivity contribution < 1.29 is 48.8 Å². The average Bonchev–Trinajstić information content (AvgIpc) is 3.78. The van der Waals surface area contributed by atoms with Gasteiger partial charge in [-0.25, -0.2) is 4.79 Å². The van der Waals surface area contributed by atoms with Crippen molar-refractivity contribution in [1.29, 1.82) is 0 Å². The van der Waals surface area contributed by atoms with E-state index in [2.05, 4.69) is 26.6 Å². The molecule has 5 amide bonds. The Balaban J connectivity index is 1.34. The van der Waals surface area contributed by atoms with Gasteiger partial charge in [0.1, 0.15) is 36.5 Å². The van der Waals surface area contributed by atoms with Crippen LogP contribution in [-0.2, 0) is 61.1 Å². The van der Waals surface area contributed by atoms with Gasteiger partial charge in [0.15, 0.2) is 12.2 Å². The predicted octanol–water partition coefficient (Wildman–Crippen LogP) is 2.30. The van der Waals surface area contributed by atoms with Crippen molar-refractivity contribution in [2.24, 2.45) is 0 Å². The van der Waals surface area contributed by atoms with Crippen molar-refractivity contribution >= 4 is 52.5 Å². The molecule has 2 aliphatic heterocycles. The molecule has 5 aromatic rings. The number of anilines is 1. The van der Waals surface area contributed by atoms with E-state index in [4.69, 9.17) is 4.74 Å². The summed E-state index contributed by atoms with van der Waals surface area (Å²) in [7, 11) is 0. The summed E-state index contributed by atoms with van der Waals surface area (Å²) >= 11 is 1.29. The van der Waals surface area contributed by atoms with Crippen molar-refractivity contribution in [3.05, 3.63) is 154 Å². The van der Waals surface area contributed by atoms with Crippen molar-refractivity contribution in [3.63, 3.8) is 0 Å². The molecular formula is C45H45N5O10S. The zero-order valence-electron chi connectivity index (χ0n) is 32.7. The van der Waals surface area contributed by atoms with Gasteiger partial charge in [-0.1, -0.05) is 91.0 Å². The van der Waals surface area contributed by atoms with Crippen LogP contribution >= 0.6 is 11.3 Å². The number of nitrogens with one attached hydrogen (secondary N) is 5. The van der Waals surface area contributed by atoms with Crippen LogP contribution in [0.1, 0.15) is 27.1 Å². The number of ether oxygens (including phenoxy) is 1. The Labute approximate surface area is 355 Å². The minimum atomic E-state index is -2.30. The lowest BCUT2D eigenvalue weighted by atomic mass is 10.0. The molecule has 0 saturated carbocycles. The highest BCUT2D eigenvalue weighted by Crippen LogP contribution is 2.18. The zero-order chi connectivity index (χ0) is 43.3. The summed E-state index contributed by atoms with van der Waals surface area (Å²) in [5, 5.41) is 46.2. The molecule has 6 atom stereocenters. The number of hydrogen-bond donors (Lipinski definition) is 8. The lowest BCUT2D eigenvalue weighted by Crippen LogP contribution is -2.60. The minimum absolute atomic E-state index is 0.0372. The summed E-state index contributed by atoms with van der Waals surface area (Å²) in [6.45, 7) is 0.314. The highest BCUT2D eigenvalue weighted by atomic mass is 32.1. The smallest absolute Gasteiger partial charge is 0.326 e. The van der Waals surface area contributed by atoms with Crippen molar-refractivity contribution in [2.45, 2.75) is 68.7 Å². The second kappa shape index (κ2) is 20.9. The molecular weight excluding hydrogens is 803 g/mol. The molecule has 4 aromatic carbocycles. The van der Waals surface area contributed by atoms with Crippen LogP contribution in [0, 0.1) is 0 Å². The van der Waals surface area contributed by atoms with E-state index < -0.39 is 71.9 Å². The summed E-state index contributed by atoms with van der Waals surface area (Å²) in [6, 6.07) is 28.9. The van der Waals surface area contributed by atoms with Gasteiger partial charge in [0.2, 0.25) is 17.7 Å². The third-order valence-electron chi connectivity index (χ3n) is 9.89. The number of benzene rings is 4. The Hall–Kier alpha value is -6.88. The Morgan fingerprint density at radius 3 is 1.67 bits per heavy atom. The quantitative estimate of drug-likeness (QED) is 0.0956. The molecule has 0 fully saturated rings. The maximum atomic E-state index is 14.4. The van der Waals surface area contributed by atoms with Crippen molar-refractivity contribution in [3.8, 4) is 5.75 Å². The van der Waals surface area contributed by atoms with Gasteiger partial charge >= 0.3 is 5.97 Å². The molecule has 316 valence electrons. The van der Waals surface area contributed by atoms with E-state index in [0.29, 0.717) is 33.9 Å². The molecule has 15 nitrogen and oxygen atoms in total. The second-order valence-corrected chi connectivity index (χ2v) is 15.5. The maximum absolute atomic E-state index is 14.4. The first-order chi connectivity index (χ1) is 29.4. The Kier molecular flexibility index (Phi) is 15.0. The van der Waals surface area contributed by atoms with E-state index >= 15 is 0 Å². The molecule has 2 aliphatic rings. The standard InChI is InChI=1S/C45H45N5O10S/c51-38-39(52)44(57)49-36(25-33-12-7-21-61-33)42(55)48-35(23-29-15-19-32(20-16-29)60-26-30-10-5-2-6-11-30)40(53)47-34(22-27-8-3-1-4-9-27)41(54)50-37(45(58)59)24-28-13-17-31(18-14-28)46-43(38)56/h1-21,34-39,51-52H,22-26H2,(H,46,56)(H,47,53)(H,48,55)(H,49,57)(H,50,54)(H,58,59)/t34-,35+,36-,37+,38-,39-/m1/s1. The third-order valence-corrected chi connectivity index (χ3v) is 10.8. The number of carboxylic acid groups (broad SMARTS) is 1. The van der Waals surface area contributed by atoms with Gasteiger partial charge in [0, 0.05) is 36.2 Å². The van der Waals surface area contributed by atoms with E-state index in [-0.39, 0.29) is 31.4 Å². The van der Waals surface area contributed by atoms with Crippen LogP contribution in [0.5, 0.6) is 5.75 Å². The normalized spacial score (nSPS) is 21.8. The van der Waals surface area contributed by atoms with Crippen LogP contribution in [-0.4, -0.2) is 87.2 Å². The number of hydrogen-bond acceptors (Lipinski definition) is 10. The highest BCUT2D eigenvalue weighted by molar-refractivity contribution is 7.09. The monoisotopic (exact) mass is 847 g/mol. The second-order valence-electron chi connectivity index (χ2n) is 14.5. The molecule has 8 N–H and O–H groups in total. The molecule has 0 aliphatic carbocycles. The minimum Gasteiger partial charge on any atom is -0.489 e. The molecule has 0 radical (unpaired) electrons. The van der Waals surface area contributed by atoms with E-state index in [0.717, 1.165) is 5.56 Å². The van der Waals surface area contributed by atoms with Gasteiger partial charge in [-0.2, -0.15) is 0 Å². The summed E-state index contributed by atoms with van der Waals surface area (Å²) in [5.74, 6) is -5.60. The number of carboxylic acids is 1. The van der Waals surface area contributed by atoms with Gasteiger partial charge in [-0.05, 0) is 58.0 Å². The molecule has 1 aromatic heterocycles. The number of thiophene rings is 1. The SMILES string of the molecule is O=C(O)[C@@H]1Cc2ccc(cc2)NC(=O)[C@H](O)[C@@H](O)C(=O)N[C@H](Cc2cccs2)C(=O)N[C@@H](Cc2ccc(OCc3ccccc3)cc2)C(=O)N[C@H](Cc2ccccc2)C(=O)N1. The number of aliphatic carboxylic acids is 1. The fraction of sp³-hybridized carbons (Fsp3) is 0.244. The number of carbonyl (C=O) groups excluding carboxylic acids is 5. The van der Waals surface area contributed by atoms with Crippen LogP contribution in [0.4, 0.5) is 5.69 Å². The largest absolute Gasteiger partial charge is 0.489 e. The zero-order valence-corrected chi connectivity index (χ0v) is 33.5. The number of aliphatic hydroxyl groups is 2. The topological polar surface area (TPSA) is 232 Å². The molecule has 16 heteroatoms. The van der Waals surface area contributed by atoms with E-state index in [9.17, 15) is 44.1 Å². The summed E-state index contributed by atoms with van der Waals surface area (Å²) in [5.41, 5.74) is 2.81. The van der Waals surface area contributed by atoms with Crippen LogP contribution < -0.4 is 31.3 Å². The number of rotatable bonds is 10. The van der Waals surface area contributed by atoms with Gasteiger partial charge in [0.25, 0.3) is 11.8 Å². The van der Waals surface area contributed by atoms with Crippen molar-refractivity contribution in [2.75, 3.05) is 5.32 Å². The van der Waals surface area contributed by atoms with Crippen LogP contribution in [0.15, 0.2) is 127 Å². The lowest BCUT2D eigenvalue weighted by Gasteiger charge is -2.27. The van der Waals surface area contributed by atoms with E-state index in [1.165, 1.54) is 35.6 Å². The number of carbonyl (C=O) groups is 6. The third kappa shape index (κ3) is 12.6. The summed E-state index contributed by atoms with van der Waals surface area (Å²) in [6.07, 6.45) is -4.98. The Bertz CT molecular complexity index is 2280. The first-order valence-corrected chi connectivity index (χ1v) is 20.3. The molecule has 61 heavy (non-hydrogen) atoms. The lowest BCUT2D eigenvalue weighted by molar-refractivity contribution is -0.145. The van der Waals surface area contributed by atoms with Crippen LogP contribution in [0.25, 0.3) is 0 Å². The maximum Gasteiger partial charge on any atom is 0.326 e. The molecule has 3 heterocycles. The van der Waals surface area contributed by atoms with Gasteiger partial charge in [0.05, 0.1) is 0 Å². The van der Waals surface area contributed by atoms with E-state index in [1.54, 1.807) is 72.1 Å².